The molecule has 0 aliphatic carbocycles. The fourth-order valence-corrected chi connectivity index (χ4v) is 5.04. The zero-order valence-corrected chi connectivity index (χ0v) is 23.0. The van der Waals surface area contributed by atoms with Crippen molar-refractivity contribution in [2.45, 2.75) is 109 Å². The third-order valence-electron chi connectivity index (χ3n) is 6.99. The minimum Gasteiger partial charge on any atom is -0.385 e. The first-order valence-electron chi connectivity index (χ1n) is 13.5. The van der Waals surface area contributed by atoms with Crippen molar-refractivity contribution in [1.82, 2.24) is 0 Å². The molecule has 8 atom stereocenters. The van der Waals surface area contributed by atoms with E-state index < -0.39 is 18.2 Å². The van der Waals surface area contributed by atoms with Crippen LogP contribution >= 0.6 is 0 Å². The second-order valence-corrected chi connectivity index (χ2v) is 10.3. The van der Waals surface area contributed by atoms with E-state index in [4.69, 9.17) is 33.2 Å². The maximum atomic E-state index is 10.1. The molecule has 38 heavy (non-hydrogen) atoms. The summed E-state index contributed by atoms with van der Waals surface area (Å²) in [7, 11) is 1.53. The Morgan fingerprint density at radius 2 is 1.29 bits per heavy atom. The lowest BCUT2D eigenvalue weighted by molar-refractivity contribution is -0.219. The monoisotopic (exact) mass is 530 g/mol. The van der Waals surface area contributed by atoms with Gasteiger partial charge in [0.1, 0.15) is 24.4 Å². The molecule has 8 nitrogen and oxygen atoms in total. The molecule has 0 spiro atoms. The lowest BCUT2D eigenvalue weighted by Crippen LogP contribution is -2.36. The summed E-state index contributed by atoms with van der Waals surface area (Å²) in [6.45, 7) is 8.95. The highest BCUT2D eigenvalue weighted by Gasteiger charge is 2.54. The molecule has 3 unspecified atom stereocenters. The SMILES string of the molecule is CC[C@H]1OC(OC)[C@H](O)C1OCc1ccccc1.CC[C@H]1O[C@H]2OC(C)(C)O[C@H]2C1OCc1ccccc1. The Morgan fingerprint density at radius 3 is 1.82 bits per heavy atom. The van der Waals surface area contributed by atoms with Crippen molar-refractivity contribution in [2.75, 3.05) is 7.11 Å². The van der Waals surface area contributed by atoms with Gasteiger partial charge in [0.25, 0.3) is 0 Å². The van der Waals surface area contributed by atoms with E-state index in [1.807, 2.05) is 69.3 Å². The maximum Gasteiger partial charge on any atom is 0.190 e. The Morgan fingerprint density at radius 1 is 0.763 bits per heavy atom. The van der Waals surface area contributed by atoms with Crippen LogP contribution in [0.4, 0.5) is 0 Å². The Labute approximate surface area is 226 Å². The fraction of sp³-hybridized carbons (Fsp3) is 0.600. The molecule has 2 aromatic carbocycles. The average molecular weight is 531 g/mol. The van der Waals surface area contributed by atoms with Gasteiger partial charge in [-0.25, -0.2) is 0 Å². The minimum absolute atomic E-state index is 0.0322. The van der Waals surface area contributed by atoms with Crippen LogP contribution in [0.5, 0.6) is 0 Å². The van der Waals surface area contributed by atoms with E-state index in [2.05, 4.69) is 19.1 Å². The van der Waals surface area contributed by atoms with E-state index in [-0.39, 0.29) is 36.8 Å². The number of benzene rings is 2. The number of aliphatic hydroxyl groups is 1. The second-order valence-electron chi connectivity index (χ2n) is 10.3. The van der Waals surface area contributed by atoms with Crippen LogP contribution < -0.4 is 0 Å². The topological polar surface area (TPSA) is 84.8 Å². The molecule has 3 aliphatic heterocycles. The predicted molar refractivity (Wildman–Crippen MR) is 141 cm³/mol. The predicted octanol–water partition coefficient (Wildman–Crippen LogP) is 4.57. The van der Waals surface area contributed by atoms with Crippen LogP contribution in [0.3, 0.4) is 0 Å². The van der Waals surface area contributed by atoms with Crippen molar-refractivity contribution >= 4 is 0 Å². The summed E-state index contributed by atoms with van der Waals surface area (Å²) in [5.74, 6) is -0.595. The number of fused-ring (bicyclic) bond motifs is 1. The first-order valence-corrected chi connectivity index (χ1v) is 13.5. The molecule has 0 bridgehead atoms. The highest BCUT2D eigenvalue weighted by atomic mass is 16.8. The summed E-state index contributed by atoms with van der Waals surface area (Å²) < 4.78 is 40.1. The van der Waals surface area contributed by atoms with Crippen LogP contribution in [-0.2, 0) is 46.4 Å². The molecule has 210 valence electrons. The Bertz CT molecular complexity index is 953. The van der Waals surface area contributed by atoms with Gasteiger partial charge in [0.2, 0.25) is 0 Å². The summed E-state index contributed by atoms with van der Waals surface area (Å²) in [5.41, 5.74) is 2.24. The number of methoxy groups -OCH3 is 1. The van der Waals surface area contributed by atoms with Gasteiger partial charge in [-0.15, -0.1) is 0 Å². The summed E-state index contributed by atoms with van der Waals surface area (Å²) in [4.78, 5) is 0. The van der Waals surface area contributed by atoms with E-state index in [0.717, 1.165) is 24.0 Å². The van der Waals surface area contributed by atoms with Gasteiger partial charge in [-0.3, -0.25) is 0 Å². The summed E-state index contributed by atoms with van der Waals surface area (Å²) >= 11 is 0. The molecule has 3 aliphatic rings. The summed E-state index contributed by atoms with van der Waals surface area (Å²) in [6, 6.07) is 20.0. The molecular formula is C30H42O8. The van der Waals surface area contributed by atoms with E-state index >= 15 is 0 Å². The smallest absolute Gasteiger partial charge is 0.190 e. The average Bonchev–Trinajstić information content (AvgIpc) is 3.53. The largest absolute Gasteiger partial charge is 0.385 e. The molecule has 5 rings (SSSR count). The van der Waals surface area contributed by atoms with E-state index in [0.29, 0.717) is 13.2 Å². The van der Waals surface area contributed by atoms with Crippen molar-refractivity contribution in [3.05, 3.63) is 71.8 Å². The van der Waals surface area contributed by atoms with E-state index in [9.17, 15) is 5.11 Å². The van der Waals surface area contributed by atoms with Crippen molar-refractivity contribution in [1.29, 1.82) is 0 Å². The molecule has 1 N–H and O–H groups in total. The summed E-state index contributed by atoms with van der Waals surface area (Å²) in [6.07, 6.45) is -0.588. The van der Waals surface area contributed by atoms with Gasteiger partial charge in [-0.05, 0) is 37.8 Å². The van der Waals surface area contributed by atoms with Gasteiger partial charge in [-0.2, -0.15) is 0 Å². The minimum atomic E-state index is -0.733. The third kappa shape index (κ3) is 7.20. The zero-order valence-electron chi connectivity index (χ0n) is 23.0. The molecule has 3 heterocycles. The van der Waals surface area contributed by atoms with Crippen molar-refractivity contribution in [3.8, 4) is 0 Å². The number of rotatable bonds is 9. The van der Waals surface area contributed by atoms with Crippen LogP contribution in [0.2, 0.25) is 0 Å². The Kier molecular flexibility index (Phi) is 10.3. The first-order chi connectivity index (χ1) is 18.3. The van der Waals surface area contributed by atoms with Gasteiger partial charge in [0.05, 0.1) is 25.4 Å². The van der Waals surface area contributed by atoms with Crippen LogP contribution in [0.15, 0.2) is 60.7 Å². The Hall–Kier alpha value is -1.88. The van der Waals surface area contributed by atoms with Crippen molar-refractivity contribution in [3.63, 3.8) is 0 Å². The molecule has 3 saturated heterocycles. The second kappa shape index (κ2) is 13.5. The summed E-state index contributed by atoms with van der Waals surface area (Å²) in [5, 5.41) is 10.1. The van der Waals surface area contributed by atoms with Gasteiger partial charge in [0.15, 0.2) is 18.4 Å². The maximum absolute atomic E-state index is 10.1. The number of hydrogen-bond donors (Lipinski definition) is 1. The molecule has 2 aromatic rings. The van der Waals surface area contributed by atoms with Gasteiger partial charge >= 0.3 is 0 Å². The van der Waals surface area contributed by atoms with Crippen molar-refractivity contribution < 1.29 is 38.3 Å². The lowest BCUT2D eigenvalue weighted by atomic mass is 10.1. The molecular weight excluding hydrogens is 488 g/mol. The quantitative estimate of drug-likeness (QED) is 0.505. The van der Waals surface area contributed by atoms with Crippen LogP contribution in [0, 0.1) is 0 Å². The number of ether oxygens (including phenoxy) is 7. The first kappa shape index (κ1) is 29.1. The van der Waals surface area contributed by atoms with Crippen molar-refractivity contribution in [2.24, 2.45) is 0 Å². The van der Waals surface area contributed by atoms with Gasteiger partial charge < -0.3 is 38.3 Å². The zero-order chi connectivity index (χ0) is 27.1. The highest BCUT2D eigenvalue weighted by Crippen LogP contribution is 2.39. The molecule has 0 saturated carbocycles. The molecule has 8 heteroatoms. The van der Waals surface area contributed by atoms with E-state index in [1.54, 1.807) is 0 Å². The molecule has 0 amide bonds. The fourth-order valence-electron chi connectivity index (χ4n) is 5.04. The van der Waals surface area contributed by atoms with Crippen LogP contribution in [0.1, 0.15) is 51.7 Å². The highest BCUT2D eigenvalue weighted by molar-refractivity contribution is 5.14. The van der Waals surface area contributed by atoms with E-state index in [1.165, 1.54) is 7.11 Å². The number of hydrogen-bond acceptors (Lipinski definition) is 8. The van der Waals surface area contributed by atoms with Crippen LogP contribution in [-0.4, -0.2) is 67.2 Å². The standard InChI is InChI=1S/C16H22O4.C14H20O4/c1-4-12-13(17-10-11-8-6-5-7-9-11)14-15(18-12)20-16(2,3)19-14;1-3-11-13(12(15)14(16-2)18-11)17-9-10-7-5-4-6-8-10/h5-9,12-15H,4,10H2,1-3H3;4-8,11-15H,3,9H2,1-2H3/t12-,13?,14+,15+;11-,12-,13?,14?/m11/s1. The number of aliphatic hydroxyl groups excluding tert-OH is 1. The Balaban J connectivity index is 0.000000178. The lowest BCUT2D eigenvalue weighted by Gasteiger charge is -2.25. The normalized spacial score (nSPS) is 33.5. The molecule has 0 radical (unpaired) electrons. The molecule has 0 aromatic heterocycles. The van der Waals surface area contributed by atoms with Gasteiger partial charge in [0, 0.05) is 7.11 Å². The van der Waals surface area contributed by atoms with Crippen LogP contribution in [0.25, 0.3) is 0 Å². The third-order valence-corrected chi connectivity index (χ3v) is 6.99. The van der Waals surface area contributed by atoms with Gasteiger partial charge in [-0.1, -0.05) is 74.5 Å². The molecule has 3 fully saturated rings.